The van der Waals surface area contributed by atoms with Crippen LogP contribution in [-0.2, 0) is 0 Å². The van der Waals surface area contributed by atoms with Gasteiger partial charge in [-0.05, 0) is 31.5 Å². The van der Waals surface area contributed by atoms with Gasteiger partial charge in [0.25, 0.3) is 5.89 Å². The topological polar surface area (TPSA) is 51.0 Å². The molecule has 106 valence electrons. The first-order valence-electron chi connectivity index (χ1n) is 6.77. The number of nitrogens with zero attached hydrogens (tertiary/aromatic N) is 2. The van der Waals surface area contributed by atoms with E-state index in [1.165, 1.54) is 12.5 Å². The maximum atomic E-state index is 13.9. The molecule has 0 spiro atoms. The van der Waals surface area contributed by atoms with Gasteiger partial charge in [0.15, 0.2) is 11.6 Å². The number of benzene rings is 1. The minimum absolute atomic E-state index is 0.0508. The van der Waals surface area contributed by atoms with Gasteiger partial charge in [-0.1, -0.05) is 35.7 Å². The predicted octanol–water partition coefficient (Wildman–Crippen LogP) is 3.73. The van der Waals surface area contributed by atoms with Crippen molar-refractivity contribution in [2.24, 2.45) is 0 Å². The molecule has 6 heteroatoms. The fourth-order valence-electron chi connectivity index (χ4n) is 2.40. The fraction of sp³-hybridized carbons (Fsp3) is 0.429. The smallest absolute Gasteiger partial charge is 0.261 e. The van der Waals surface area contributed by atoms with E-state index in [1.54, 1.807) is 12.1 Å². The number of hydrogen-bond acceptors (Lipinski definition) is 4. The fourth-order valence-corrected chi connectivity index (χ4v) is 2.58. The molecule has 1 N–H and O–H groups in total. The van der Waals surface area contributed by atoms with Crippen molar-refractivity contribution >= 4 is 11.6 Å². The van der Waals surface area contributed by atoms with E-state index in [1.807, 2.05) is 0 Å². The van der Waals surface area contributed by atoms with Gasteiger partial charge in [0.2, 0.25) is 0 Å². The maximum absolute atomic E-state index is 13.9. The van der Waals surface area contributed by atoms with Crippen LogP contribution in [0.5, 0.6) is 0 Å². The Morgan fingerprint density at radius 1 is 1.30 bits per heavy atom. The van der Waals surface area contributed by atoms with Gasteiger partial charge in [-0.15, -0.1) is 0 Å². The zero-order chi connectivity index (χ0) is 13.9. The van der Waals surface area contributed by atoms with Crippen molar-refractivity contribution in [3.8, 4) is 11.5 Å². The van der Waals surface area contributed by atoms with Crippen LogP contribution in [0.1, 0.15) is 37.5 Å². The van der Waals surface area contributed by atoms with Crippen LogP contribution in [0.15, 0.2) is 22.7 Å². The van der Waals surface area contributed by atoms with Crippen LogP contribution in [0.3, 0.4) is 0 Å². The second kappa shape index (κ2) is 5.89. The molecule has 1 unspecified atom stereocenters. The van der Waals surface area contributed by atoms with Crippen molar-refractivity contribution in [2.75, 3.05) is 6.54 Å². The molecule has 1 saturated heterocycles. The van der Waals surface area contributed by atoms with Gasteiger partial charge < -0.3 is 9.84 Å². The van der Waals surface area contributed by atoms with Crippen molar-refractivity contribution in [3.05, 3.63) is 34.9 Å². The zero-order valence-corrected chi connectivity index (χ0v) is 11.7. The largest absolute Gasteiger partial charge is 0.334 e. The van der Waals surface area contributed by atoms with Crippen LogP contribution < -0.4 is 5.32 Å². The van der Waals surface area contributed by atoms with Crippen LogP contribution in [0.2, 0.25) is 5.02 Å². The minimum atomic E-state index is -0.529. The summed E-state index contributed by atoms with van der Waals surface area (Å²) in [4.78, 5) is 4.31. The summed E-state index contributed by atoms with van der Waals surface area (Å²) in [7, 11) is 0. The second-order valence-corrected chi connectivity index (χ2v) is 5.32. The quantitative estimate of drug-likeness (QED) is 0.917. The number of hydrogen-bond donors (Lipinski definition) is 1. The average molecular weight is 296 g/mol. The Balaban J connectivity index is 1.87. The highest BCUT2D eigenvalue weighted by Crippen LogP contribution is 2.28. The summed E-state index contributed by atoms with van der Waals surface area (Å²) in [6.45, 7) is 0.945. The molecule has 1 aromatic carbocycles. The number of aromatic nitrogens is 2. The third kappa shape index (κ3) is 2.69. The molecule has 4 nitrogen and oxygen atoms in total. The molecule has 0 aliphatic carbocycles. The summed E-state index contributed by atoms with van der Waals surface area (Å²) in [5.41, 5.74) is 0.241. The normalized spacial score (nSPS) is 19.8. The third-order valence-corrected chi connectivity index (χ3v) is 3.79. The molecule has 0 saturated carbocycles. The van der Waals surface area contributed by atoms with Crippen LogP contribution >= 0.6 is 11.6 Å². The first-order valence-corrected chi connectivity index (χ1v) is 7.15. The average Bonchev–Trinajstić information content (AvgIpc) is 2.77. The first-order chi connectivity index (χ1) is 9.75. The summed E-state index contributed by atoms with van der Waals surface area (Å²) >= 11 is 5.76. The predicted molar refractivity (Wildman–Crippen MR) is 73.9 cm³/mol. The standard InChI is InChI=1S/C14H15ClFN3O/c15-10-6-4-5-9(12(10)16)14-18-13(19-20-14)11-7-2-1-3-8-17-11/h4-6,11,17H,1-3,7-8H2. The highest BCUT2D eigenvalue weighted by atomic mass is 35.5. The van der Waals surface area contributed by atoms with Gasteiger partial charge in [-0.25, -0.2) is 4.39 Å². The van der Waals surface area contributed by atoms with Crippen LogP contribution in [0.4, 0.5) is 4.39 Å². The lowest BCUT2D eigenvalue weighted by atomic mass is 10.1. The van der Waals surface area contributed by atoms with Gasteiger partial charge in [0, 0.05) is 0 Å². The molecular formula is C14H15ClFN3O. The monoisotopic (exact) mass is 295 g/mol. The van der Waals surface area contributed by atoms with E-state index >= 15 is 0 Å². The van der Waals surface area contributed by atoms with Crippen molar-refractivity contribution in [1.29, 1.82) is 0 Å². The second-order valence-electron chi connectivity index (χ2n) is 4.92. The van der Waals surface area contributed by atoms with Crippen molar-refractivity contribution in [1.82, 2.24) is 15.5 Å². The van der Waals surface area contributed by atoms with Crippen molar-refractivity contribution < 1.29 is 8.91 Å². The van der Waals surface area contributed by atoms with E-state index in [0.717, 1.165) is 25.8 Å². The van der Waals surface area contributed by atoms with Gasteiger partial charge in [-0.2, -0.15) is 4.98 Å². The summed E-state index contributed by atoms with van der Waals surface area (Å²) in [5, 5.41) is 7.40. The highest BCUT2D eigenvalue weighted by molar-refractivity contribution is 6.31. The molecule has 1 aromatic heterocycles. The lowest BCUT2D eigenvalue weighted by Gasteiger charge is -2.09. The van der Waals surface area contributed by atoms with Crippen LogP contribution in [0, 0.1) is 5.82 Å². The molecule has 0 bridgehead atoms. The number of nitrogens with one attached hydrogen (secondary N) is 1. The lowest BCUT2D eigenvalue weighted by Crippen LogP contribution is -2.21. The van der Waals surface area contributed by atoms with Crippen LogP contribution in [-0.4, -0.2) is 16.7 Å². The Labute approximate surface area is 121 Å². The van der Waals surface area contributed by atoms with E-state index in [0.29, 0.717) is 5.82 Å². The Bertz CT molecular complexity index is 594. The van der Waals surface area contributed by atoms with Crippen LogP contribution in [0.25, 0.3) is 11.5 Å². The lowest BCUT2D eigenvalue weighted by molar-refractivity contribution is 0.401. The van der Waals surface area contributed by atoms with E-state index in [9.17, 15) is 4.39 Å². The summed E-state index contributed by atoms with van der Waals surface area (Å²) < 4.78 is 19.1. The molecule has 0 amide bonds. The molecule has 1 fully saturated rings. The zero-order valence-electron chi connectivity index (χ0n) is 10.9. The molecule has 1 aliphatic rings. The van der Waals surface area contributed by atoms with Gasteiger partial charge in [0.1, 0.15) is 0 Å². The summed E-state index contributed by atoms with van der Waals surface area (Å²) in [6, 6.07) is 4.81. The van der Waals surface area contributed by atoms with E-state index in [-0.39, 0.29) is 22.5 Å². The number of halogens is 2. The SMILES string of the molecule is Fc1c(Cl)cccc1-c1nc(C2CCCCCN2)no1. The summed E-state index contributed by atoms with van der Waals surface area (Å²) in [5.74, 6) is 0.227. The summed E-state index contributed by atoms with van der Waals surface area (Å²) in [6.07, 6.45) is 4.46. The highest BCUT2D eigenvalue weighted by Gasteiger charge is 2.21. The Hall–Kier alpha value is -1.46. The van der Waals surface area contributed by atoms with E-state index in [2.05, 4.69) is 15.5 Å². The molecule has 0 radical (unpaired) electrons. The molecule has 1 aliphatic heterocycles. The molecule has 20 heavy (non-hydrogen) atoms. The molecule has 3 rings (SSSR count). The van der Waals surface area contributed by atoms with Crippen molar-refractivity contribution in [3.63, 3.8) is 0 Å². The number of rotatable bonds is 2. The molecular weight excluding hydrogens is 281 g/mol. The van der Waals surface area contributed by atoms with Gasteiger partial charge in [0.05, 0.1) is 16.6 Å². The molecule has 2 heterocycles. The Morgan fingerprint density at radius 2 is 2.20 bits per heavy atom. The maximum Gasteiger partial charge on any atom is 0.261 e. The van der Waals surface area contributed by atoms with E-state index in [4.69, 9.17) is 16.1 Å². The molecule has 2 aromatic rings. The van der Waals surface area contributed by atoms with Crippen molar-refractivity contribution in [2.45, 2.75) is 31.7 Å². The first kappa shape index (κ1) is 13.5. The van der Waals surface area contributed by atoms with Gasteiger partial charge >= 0.3 is 0 Å². The Morgan fingerprint density at radius 3 is 3.10 bits per heavy atom. The van der Waals surface area contributed by atoms with Gasteiger partial charge in [-0.3, -0.25) is 0 Å². The Kier molecular flexibility index (Phi) is 3.98. The molecule has 1 atom stereocenters. The minimum Gasteiger partial charge on any atom is -0.334 e. The van der Waals surface area contributed by atoms with E-state index < -0.39 is 5.82 Å². The third-order valence-electron chi connectivity index (χ3n) is 3.50.